The predicted molar refractivity (Wildman–Crippen MR) is 81.7 cm³/mol. The van der Waals surface area contributed by atoms with E-state index in [9.17, 15) is 10.2 Å². The number of ether oxygens (including phenoxy) is 1. The fourth-order valence-corrected chi connectivity index (χ4v) is 2.77. The molecule has 3 atom stereocenters. The van der Waals surface area contributed by atoms with E-state index in [1.54, 1.807) is 0 Å². The Morgan fingerprint density at radius 1 is 1.30 bits per heavy atom. The lowest BCUT2D eigenvalue weighted by Crippen LogP contribution is -2.35. The molecule has 4 nitrogen and oxygen atoms in total. The predicted octanol–water partition coefficient (Wildman–Crippen LogP) is 1.94. The van der Waals surface area contributed by atoms with Gasteiger partial charge in [-0.2, -0.15) is 0 Å². The van der Waals surface area contributed by atoms with Gasteiger partial charge in [0.25, 0.3) is 0 Å². The van der Waals surface area contributed by atoms with E-state index in [-0.39, 0.29) is 6.10 Å². The van der Waals surface area contributed by atoms with Crippen LogP contribution in [-0.4, -0.2) is 48.7 Å². The summed E-state index contributed by atoms with van der Waals surface area (Å²) in [5.41, 5.74) is 0. The maximum atomic E-state index is 9.80. The second kappa shape index (κ2) is 10.6. The van der Waals surface area contributed by atoms with Crippen molar-refractivity contribution in [3.8, 4) is 0 Å². The zero-order valence-electron chi connectivity index (χ0n) is 13.2. The SMILES string of the molecule is CC(C)CCCOCC(O)CNCC1CCCC(O)C1. The van der Waals surface area contributed by atoms with Crippen molar-refractivity contribution >= 4 is 0 Å². The quantitative estimate of drug-likeness (QED) is 0.537. The topological polar surface area (TPSA) is 61.7 Å². The summed E-state index contributed by atoms with van der Waals surface area (Å²) in [4.78, 5) is 0. The monoisotopic (exact) mass is 287 g/mol. The first-order valence-electron chi connectivity index (χ1n) is 8.22. The molecule has 3 N–H and O–H groups in total. The molecule has 0 saturated heterocycles. The summed E-state index contributed by atoms with van der Waals surface area (Å²) >= 11 is 0. The van der Waals surface area contributed by atoms with Crippen molar-refractivity contribution in [2.45, 2.75) is 64.6 Å². The second-order valence-electron chi connectivity index (χ2n) is 6.61. The van der Waals surface area contributed by atoms with E-state index < -0.39 is 6.10 Å². The highest BCUT2D eigenvalue weighted by Gasteiger charge is 2.19. The molecule has 0 aromatic rings. The van der Waals surface area contributed by atoms with Gasteiger partial charge < -0.3 is 20.3 Å². The summed E-state index contributed by atoms with van der Waals surface area (Å²) in [5, 5.41) is 22.7. The van der Waals surface area contributed by atoms with E-state index in [2.05, 4.69) is 19.2 Å². The minimum Gasteiger partial charge on any atom is -0.393 e. The average molecular weight is 287 g/mol. The normalized spacial score (nSPS) is 25.1. The van der Waals surface area contributed by atoms with E-state index in [4.69, 9.17) is 4.74 Å². The number of nitrogens with one attached hydrogen (secondary N) is 1. The molecule has 0 radical (unpaired) electrons. The third-order valence-electron chi connectivity index (χ3n) is 3.95. The van der Waals surface area contributed by atoms with Gasteiger partial charge in [-0.15, -0.1) is 0 Å². The fourth-order valence-electron chi connectivity index (χ4n) is 2.77. The lowest BCUT2D eigenvalue weighted by atomic mass is 9.87. The Morgan fingerprint density at radius 3 is 2.80 bits per heavy atom. The average Bonchev–Trinajstić information content (AvgIpc) is 2.38. The van der Waals surface area contributed by atoms with Crippen molar-refractivity contribution in [3.63, 3.8) is 0 Å². The molecule has 0 spiro atoms. The summed E-state index contributed by atoms with van der Waals surface area (Å²) in [6.07, 6.45) is 5.85. The third kappa shape index (κ3) is 8.90. The third-order valence-corrected chi connectivity index (χ3v) is 3.95. The highest BCUT2D eigenvalue weighted by molar-refractivity contribution is 4.74. The van der Waals surface area contributed by atoms with Crippen molar-refractivity contribution in [1.29, 1.82) is 0 Å². The van der Waals surface area contributed by atoms with Crippen LogP contribution in [0.2, 0.25) is 0 Å². The van der Waals surface area contributed by atoms with Crippen LogP contribution in [-0.2, 0) is 4.74 Å². The molecular formula is C16H33NO3. The molecule has 20 heavy (non-hydrogen) atoms. The molecule has 0 aromatic carbocycles. The van der Waals surface area contributed by atoms with Crippen LogP contribution in [0.25, 0.3) is 0 Å². The van der Waals surface area contributed by atoms with Gasteiger partial charge in [-0.1, -0.05) is 20.3 Å². The zero-order chi connectivity index (χ0) is 14.8. The Bertz CT molecular complexity index is 236. The molecule has 1 aliphatic carbocycles. The molecule has 0 amide bonds. The number of rotatable bonds is 10. The first-order chi connectivity index (χ1) is 9.58. The smallest absolute Gasteiger partial charge is 0.0897 e. The maximum absolute atomic E-state index is 9.80. The van der Waals surface area contributed by atoms with Crippen LogP contribution in [0.15, 0.2) is 0 Å². The highest BCUT2D eigenvalue weighted by atomic mass is 16.5. The minimum absolute atomic E-state index is 0.121. The molecule has 120 valence electrons. The van der Waals surface area contributed by atoms with Crippen LogP contribution >= 0.6 is 0 Å². The van der Waals surface area contributed by atoms with Gasteiger partial charge >= 0.3 is 0 Å². The largest absolute Gasteiger partial charge is 0.393 e. The Morgan fingerprint density at radius 2 is 2.10 bits per heavy atom. The number of hydrogen-bond donors (Lipinski definition) is 3. The van der Waals surface area contributed by atoms with Crippen LogP contribution < -0.4 is 5.32 Å². The van der Waals surface area contributed by atoms with Gasteiger partial charge in [0.05, 0.1) is 18.8 Å². The van der Waals surface area contributed by atoms with Gasteiger partial charge in [-0.25, -0.2) is 0 Å². The van der Waals surface area contributed by atoms with Crippen molar-refractivity contribution in [3.05, 3.63) is 0 Å². The van der Waals surface area contributed by atoms with Crippen LogP contribution in [0.4, 0.5) is 0 Å². The Kier molecular flexibility index (Phi) is 9.44. The van der Waals surface area contributed by atoms with Gasteiger partial charge in [-0.3, -0.25) is 0 Å². The van der Waals surface area contributed by atoms with E-state index in [1.807, 2.05) is 0 Å². The highest BCUT2D eigenvalue weighted by Crippen LogP contribution is 2.23. The van der Waals surface area contributed by atoms with E-state index in [1.165, 1.54) is 12.8 Å². The van der Waals surface area contributed by atoms with Crippen LogP contribution in [0.1, 0.15) is 52.4 Å². The molecule has 0 bridgehead atoms. The molecule has 0 heterocycles. The first kappa shape index (κ1) is 17.9. The first-order valence-corrected chi connectivity index (χ1v) is 8.22. The zero-order valence-corrected chi connectivity index (χ0v) is 13.2. The molecule has 1 saturated carbocycles. The van der Waals surface area contributed by atoms with Crippen LogP contribution in [0.5, 0.6) is 0 Å². The molecule has 1 fully saturated rings. The fraction of sp³-hybridized carbons (Fsp3) is 1.00. The molecule has 0 aliphatic heterocycles. The molecule has 1 aliphatic rings. The Balaban J connectivity index is 1.93. The van der Waals surface area contributed by atoms with E-state index >= 15 is 0 Å². The Hall–Kier alpha value is -0.160. The minimum atomic E-state index is -0.428. The van der Waals surface area contributed by atoms with E-state index in [0.717, 1.165) is 44.8 Å². The summed E-state index contributed by atoms with van der Waals surface area (Å²) in [7, 11) is 0. The molecule has 3 unspecified atom stereocenters. The van der Waals surface area contributed by atoms with Gasteiger partial charge in [0, 0.05) is 13.2 Å². The van der Waals surface area contributed by atoms with Crippen molar-refractivity contribution < 1.29 is 14.9 Å². The second-order valence-corrected chi connectivity index (χ2v) is 6.61. The summed E-state index contributed by atoms with van der Waals surface area (Å²) in [6.45, 7) is 7.04. The maximum Gasteiger partial charge on any atom is 0.0897 e. The summed E-state index contributed by atoms with van der Waals surface area (Å²) in [5.74, 6) is 1.27. The van der Waals surface area contributed by atoms with Crippen LogP contribution in [0.3, 0.4) is 0 Å². The number of aliphatic hydroxyl groups is 2. The van der Waals surface area contributed by atoms with Gasteiger partial charge in [0.2, 0.25) is 0 Å². The number of hydrogen-bond acceptors (Lipinski definition) is 4. The lowest BCUT2D eigenvalue weighted by Gasteiger charge is -2.26. The standard InChI is InChI=1S/C16H33NO3/c1-13(2)5-4-8-20-12-16(19)11-17-10-14-6-3-7-15(18)9-14/h13-19H,3-12H2,1-2H3. The molecule has 1 rings (SSSR count). The van der Waals surface area contributed by atoms with Crippen molar-refractivity contribution in [2.75, 3.05) is 26.3 Å². The summed E-state index contributed by atoms with van der Waals surface area (Å²) in [6, 6.07) is 0. The Labute approximate surface area is 123 Å². The molecular weight excluding hydrogens is 254 g/mol. The summed E-state index contributed by atoms with van der Waals surface area (Å²) < 4.78 is 5.48. The van der Waals surface area contributed by atoms with Crippen molar-refractivity contribution in [1.82, 2.24) is 5.32 Å². The molecule has 4 heteroatoms. The number of aliphatic hydroxyl groups excluding tert-OH is 2. The lowest BCUT2D eigenvalue weighted by molar-refractivity contribution is 0.0334. The molecule has 0 aromatic heterocycles. The van der Waals surface area contributed by atoms with Crippen molar-refractivity contribution in [2.24, 2.45) is 11.8 Å². The van der Waals surface area contributed by atoms with Gasteiger partial charge in [-0.05, 0) is 50.5 Å². The van der Waals surface area contributed by atoms with E-state index in [0.29, 0.717) is 19.1 Å². The van der Waals surface area contributed by atoms with Gasteiger partial charge in [0.15, 0.2) is 0 Å². The van der Waals surface area contributed by atoms with Crippen LogP contribution in [0, 0.1) is 11.8 Å². The van der Waals surface area contributed by atoms with Gasteiger partial charge in [0.1, 0.15) is 0 Å².